The van der Waals surface area contributed by atoms with E-state index in [9.17, 15) is 0 Å². The van der Waals surface area contributed by atoms with Gasteiger partial charge in [0, 0.05) is 6.04 Å². The quantitative estimate of drug-likeness (QED) is 0.544. The van der Waals surface area contributed by atoms with Gasteiger partial charge in [-0.1, -0.05) is 6.92 Å². The molecule has 58 valence electrons. The van der Waals surface area contributed by atoms with Crippen molar-refractivity contribution in [3.8, 4) is 0 Å². The van der Waals surface area contributed by atoms with E-state index in [1.165, 1.54) is 25.7 Å². The Hall–Kier alpha value is -0.0400. The molecule has 2 aliphatic rings. The Morgan fingerprint density at radius 1 is 1.00 bits per heavy atom. The minimum atomic E-state index is 0.521. The fourth-order valence-corrected chi connectivity index (χ4v) is 2.50. The zero-order valence-electron chi connectivity index (χ0n) is 6.72. The number of hydrogen-bond acceptors (Lipinski definition) is 1. The third-order valence-corrected chi connectivity index (χ3v) is 3.08. The lowest BCUT2D eigenvalue weighted by Gasteiger charge is -2.12. The molecule has 0 aromatic rings. The maximum absolute atomic E-state index is 5.94. The number of hydrogen-bond donors (Lipinski definition) is 1. The molecular weight excluding hydrogens is 122 g/mol. The molecule has 0 bridgehead atoms. The zero-order chi connectivity index (χ0) is 7.14. The van der Waals surface area contributed by atoms with E-state index < -0.39 is 0 Å². The summed E-state index contributed by atoms with van der Waals surface area (Å²) < 4.78 is 0. The molecule has 0 spiro atoms. The molecule has 2 N–H and O–H groups in total. The molecular formula is C9H17N. The highest BCUT2D eigenvalue weighted by Gasteiger charge is 2.40. The normalized spacial score (nSPS) is 53.4. The van der Waals surface area contributed by atoms with Crippen LogP contribution in [0.5, 0.6) is 0 Å². The maximum Gasteiger partial charge on any atom is 0.00441 e. The van der Waals surface area contributed by atoms with Crippen LogP contribution in [0.2, 0.25) is 0 Å². The highest BCUT2D eigenvalue weighted by molar-refractivity contribution is 4.93. The van der Waals surface area contributed by atoms with E-state index in [-0.39, 0.29) is 0 Å². The second kappa shape index (κ2) is 2.23. The van der Waals surface area contributed by atoms with Crippen molar-refractivity contribution in [1.82, 2.24) is 0 Å². The molecule has 0 radical (unpaired) electrons. The van der Waals surface area contributed by atoms with Gasteiger partial charge in [0.1, 0.15) is 0 Å². The van der Waals surface area contributed by atoms with Gasteiger partial charge in [-0.3, -0.25) is 0 Å². The van der Waals surface area contributed by atoms with E-state index >= 15 is 0 Å². The van der Waals surface area contributed by atoms with Crippen molar-refractivity contribution < 1.29 is 0 Å². The Morgan fingerprint density at radius 3 is 2.50 bits per heavy atom. The summed E-state index contributed by atoms with van der Waals surface area (Å²) in [5, 5.41) is 0. The van der Waals surface area contributed by atoms with Crippen molar-refractivity contribution >= 4 is 0 Å². The lowest BCUT2D eigenvalue weighted by molar-refractivity contribution is 0.440. The van der Waals surface area contributed by atoms with Crippen LogP contribution in [0.1, 0.15) is 32.6 Å². The molecule has 0 saturated heterocycles. The van der Waals surface area contributed by atoms with E-state index in [0.29, 0.717) is 6.04 Å². The van der Waals surface area contributed by atoms with E-state index in [2.05, 4.69) is 6.92 Å². The molecule has 2 saturated carbocycles. The fraction of sp³-hybridized carbons (Fsp3) is 1.00. The second-order valence-electron chi connectivity index (χ2n) is 4.33. The smallest absolute Gasteiger partial charge is 0.00441 e. The summed E-state index contributed by atoms with van der Waals surface area (Å²) in [6.07, 6.45) is 5.53. The Bertz CT molecular complexity index is 115. The highest BCUT2D eigenvalue weighted by atomic mass is 14.7. The van der Waals surface area contributed by atoms with Gasteiger partial charge in [-0.05, 0) is 43.4 Å². The predicted octanol–water partition coefficient (Wildman–Crippen LogP) is 1.77. The van der Waals surface area contributed by atoms with Crippen LogP contribution in [0.15, 0.2) is 0 Å². The van der Waals surface area contributed by atoms with Crippen LogP contribution >= 0.6 is 0 Å². The van der Waals surface area contributed by atoms with E-state index in [0.717, 1.165) is 17.8 Å². The van der Waals surface area contributed by atoms with Crippen LogP contribution in [0.4, 0.5) is 0 Å². The Morgan fingerprint density at radius 2 is 1.70 bits per heavy atom. The molecule has 2 fully saturated rings. The molecule has 10 heavy (non-hydrogen) atoms. The summed E-state index contributed by atoms with van der Waals surface area (Å²) in [7, 11) is 0. The van der Waals surface area contributed by atoms with Crippen molar-refractivity contribution in [3.63, 3.8) is 0 Å². The largest absolute Gasteiger partial charge is 0.328 e. The maximum atomic E-state index is 5.94. The first-order valence-electron chi connectivity index (χ1n) is 4.51. The van der Waals surface area contributed by atoms with Gasteiger partial charge < -0.3 is 5.73 Å². The monoisotopic (exact) mass is 139 g/mol. The molecule has 1 heteroatoms. The summed E-state index contributed by atoms with van der Waals surface area (Å²) in [5.41, 5.74) is 5.94. The van der Waals surface area contributed by atoms with Gasteiger partial charge in [0.2, 0.25) is 0 Å². The van der Waals surface area contributed by atoms with Crippen LogP contribution < -0.4 is 5.73 Å². The van der Waals surface area contributed by atoms with Crippen molar-refractivity contribution in [2.24, 2.45) is 23.5 Å². The number of nitrogens with two attached hydrogens (primary N) is 1. The topological polar surface area (TPSA) is 26.0 Å². The summed E-state index contributed by atoms with van der Waals surface area (Å²) in [4.78, 5) is 0. The van der Waals surface area contributed by atoms with Crippen LogP contribution in [-0.4, -0.2) is 6.04 Å². The van der Waals surface area contributed by atoms with Crippen LogP contribution in [0.25, 0.3) is 0 Å². The summed E-state index contributed by atoms with van der Waals surface area (Å²) in [6.45, 7) is 2.35. The molecule has 1 unspecified atom stereocenters. The predicted molar refractivity (Wildman–Crippen MR) is 42.6 cm³/mol. The SMILES string of the molecule is C[C@H]1CC2C[C@@H]2C[C@H](N)C1. The Balaban J connectivity index is 1.96. The average Bonchev–Trinajstić information content (AvgIpc) is 2.43. The van der Waals surface area contributed by atoms with E-state index in [4.69, 9.17) is 5.73 Å². The Kier molecular flexibility index (Phi) is 1.48. The third-order valence-electron chi connectivity index (χ3n) is 3.08. The van der Waals surface area contributed by atoms with Gasteiger partial charge in [-0.25, -0.2) is 0 Å². The number of fused-ring (bicyclic) bond motifs is 1. The van der Waals surface area contributed by atoms with Crippen LogP contribution in [0.3, 0.4) is 0 Å². The van der Waals surface area contributed by atoms with Crippen LogP contribution in [-0.2, 0) is 0 Å². The van der Waals surface area contributed by atoms with Gasteiger partial charge >= 0.3 is 0 Å². The standard InChI is InChI=1S/C9H17N/c1-6-2-7-4-8(7)5-9(10)3-6/h6-9H,2-5,10H2,1H3/t6-,7?,8+,9+/m0/s1. The molecule has 0 amide bonds. The minimum Gasteiger partial charge on any atom is -0.328 e. The molecule has 0 heterocycles. The zero-order valence-corrected chi connectivity index (χ0v) is 6.72. The lowest BCUT2D eigenvalue weighted by Crippen LogP contribution is -2.21. The van der Waals surface area contributed by atoms with E-state index in [1.807, 2.05) is 0 Å². The molecule has 2 aliphatic carbocycles. The Labute approximate surface area is 63.0 Å². The molecule has 0 aromatic carbocycles. The molecule has 4 atom stereocenters. The number of rotatable bonds is 0. The second-order valence-corrected chi connectivity index (χ2v) is 4.33. The summed E-state index contributed by atoms with van der Waals surface area (Å²) in [5.74, 6) is 3.00. The van der Waals surface area contributed by atoms with Crippen molar-refractivity contribution in [2.75, 3.05) is 0 Å². The van der Waals surface area contributed by atoms with Gasteiger partial charge in [-0.15, -0.1) is 0 Å². The first-order chi connectivity index (χ1) is 4.75. The molecule has 0 aliphatic heterocycles. The van der Waals surface area contributed by atoms with Gasteiger partial charge in [-0.2, -0.15) is 0 Å². The average molecular weight is 139 g/mol. The van der Waals surface area contributed by atoms with Gasteiger partial charge in [0.25, 0.3) is 0 Å². The molecule has 2 rings (SSSR count). The first-order valence-corrected chi connectivity index (χ1v) is 4.51. The van der Waals surface area contributed by atoms with Crippen molar-refractivity contribution in [3.05, 3.63) is 0 Å². The highest BCUT2D eigenvalue weighted by Crippen LogP contribution is 2.49. The first kappa shape index (κ1) is 6.66. The third kappa shape index (κ3) is 1.20. The van der Waals surface area contributed by atoms with Gasteiger partial charge in [0.05, 0.1) is 0 Å². The van der Waals surface area contributed by atoms with Crippen LogP contribution in [0, 0.1) is 17.8 Å². The van der Waals surface area contributed by atoms with E-state index in [1.54, 1.807) is 0 Å². The molecule has 0 aromatic heterocycles. The molecule has 1 nitrogen and oxygen atoms in total. The minimum absolute atomic E-state index is 0.521. The summed E-state index contributed by atoms with van der Waals surface area (Å²) in [6, 6.07) is 0.521. The summed E-state index contributed by atoms with van der Waals surface area (Å²) >= 11 is 0. The van der Waals surface area contributed by atoms with Gasteiger partial charge in [0.15, 0.2) is 0 Å². The van der Waals surface area contributed by atoms with Crippen molar-refractivity contribution in [1.29, 1.82) is 0 Å². The lowest BCUT2D eigenvalue weighted by atomic mass is 9.98. The van der Waals surface area contributed by atoms with Crippen molar-refractivity contribution in [2.45, 2.75) is 38.6 Å². The fourth-order valence-electron chi connectivity index (χ4n) is 2.50.